The smallest absolute Gasteiger partial charge is 0.408 e. The first-order valence-corrected chi connectivity index (χ1v) is 13.0. The number of rotatable bonds is 5. The van der Waals surface area contributed by atoms with Gasteiger partial charge >= 0.3 is 6.09 Å². The van der Waals surface area contributed by atoms with Crippen molar-refractivity contribution in [2.45, 2.75) is 70.4 Å². The minimum Gasteiger partial charge on any atom is -0.444 e. The summed E-state index contributed by atoms with van der Waals surface area (Å²) in [4.78, 5) is 12.5. The molecule has 0 radical (unpaired) electrons. The van der Waals surface area contributed by atoms with E-state index in [2.05, 4.69) is 50.4 Å². The lowest BCUT2D eigenvalue weighted by molar-refractivity contribution is 0.0386. The molecule has 3 atom stereocenters. The summed E-state index contributed by atoms with van der Waals surface area (Å²) in [5.74, 6) is 0. The summed E-state index contributed by atoms with van der Waals surface area (Å²) in [7, 11) is -2.84. The Morgan fingerprint density at radius 2 is 1.38 bits per heavy atom. The maximum atomic E-state index is 12.5. The van der Waals surface area contributed by atoms with Gasteiger partial charge in [-0.3, -0.25) is 0 Å². The molecule has 0 spiro atoms. The molecule has 32 heavy (non-hydrogen) atoms. The number of amides is 1. The van der Waals surface area contributed by atoms with E-state index in [1.807, 2.05) is 63.2 Å². The van der Waals surface area contributed by atoms with Crippen molar-refractivity contribution in [2.24, 2.45) is 0 Å². The Morgan fingerprint density at radius 3 is 1.81 bits per heavy atom. The molecule has 2 aromatic rings. The van der Waals surface area contributed by atoms with Gasteiger partial charge in [0.2, 0.25) is 0 Å². The van der Waals surface area contributed by atoms with Crippen molar-refractivity contribution < 1.29 is 19.1 Å². The predicted octanol–water partition coefficient (Wildman–Crippen LogP) is 3.76. The molecule has 6 heteroatoms. The van der Waals surface area contributed by atoms with Crippen molar-refractivity contribution in [1.29, 1.82) is 0 Å². The first-order chi connectivity index (χ1) is 14.9. The Kier molecular flexibility index (Phi) is 6.98. The van der Waals surface area contributed by atoms with E-state index in [0.717, 1.165) is 10.4 Å². The van der Waals surface area contributed by atoms with E-state index in [1.165, 1.54) is 0 Å². The largest absolute Gasteiger partial charge is 0.444 e. The molecule has 0 aromatic heterocycles. The molecule has 2 aromatic carbocycles. The average Bonchev–Trinajstić information content (AvgIpc) is 3.04. The van der Waals surface area contributed by atoms with Crippen molar-refractivity contribution in [2.75, 3.05) is 0 Å². The van der Waals surface area contributed by atoms with Crippen LogP contribution < -0.4 is 15.7 Å². The Bertz CT molecular complexity index is 892. The Hall–Kier alpha value is -2.41. The van der Waals surface area contributed by atoms with Crippen LogP contribution in [-0.4, -0.2) is 43.4 Å². The zero-order chi connectivity index (χ0) is 23.6. The topological polar surface area (TPSA) is 67.8 Å². The van der Waals surface area contributed by atoms with Crippen LogP contribution in [0.5, 0.6) is 0 Å². The fraction of sp³-hybridized carbons (Fsp3) is 0.423. The van der Waals surface area contributed by atoms with Gasteiger partial charge in [-0.25, -0.2) is 4.79 Å². The highest BCUT2D eigenvalue weighted by atomic mass is 28.4. The lowest BCUT2D eigenvalue weighted by Gasteiger charge is -2.45. The molecule has 1 amide bonds. The van der Waals surface area contributed by atoms with Gasteiger partial charge in [0.05, 0.1) is 18.2 Å². The van der Waals surface area contributed by atoms with E-state index in [0.29, 0.717) is 0 Å². The van der Waals surface area contributed by atoms with Gasteiger partial charge in [-0.05, 0) is 36.2 Å². The summed E-state index contributed by atoms with van der Waals surface area (Å²) in [5, 5.41) is 15.5. The SMILES string of the molecule is CC(C)(C)OC(=O)N[C@H]1[C@H](O)C=C[C@H]1O[Si](c1ccccc1)(c1ccccc1)C(C)(C)C. The first-order valence-electron chi connectivity index (χ1n) is 11.1. The third-order valence-electron chi connectivity index (χ3n) is 5.63. The fourth-order valence-corrected chi connectivity index (χ4v) is 8.92. The minimum absolute atomic E-state index is 0.215. The van der Waals surface area contributed by atoms with Gasteiger partial charge in [0.15, 0.2) is 0 Å². The molecule has 172 valence electrons. The fourth-order valence-electron chi connectivity index (χ4n) is 4.28. The van der Waals surface area contributed by atoms with Crippen LogP contribution in [0.25, 0.3) is 0 Å². The highest BCUT2D eigenvalue weighted by Crippen LogP contribution is 2.38. The molecule has 0 saturated heterocycles. The van der Waals surface area contributed by atoms with Gasteiger partial charge < -0.3 is 19.6 Å². The molecule has 0 fully saturated rings. The van der Waals surface area contributed by atoms with E-state index < -0.39 is 38.3 Å². The quantitative estimate of drug-likeness (QED) is 0.534. The normalized spacial score (nSPS) is 21.4. The van der Waals surface area contributed by atoms with Gasteiger partial charge in [0.1, 0.15) is 5.60 Å². The van der Waals surface area contributed by atoms with Gasteiger partial charge in [-0.1, -0.05) is 93.6 Å². The number of carbonyl (C=O) groups is 1. The van der Waals surface area contributed by atoms with Crippen LogP contribution in [-0.2, 0) is 9.16 Å². The molecule has 0 saturated carbocycles. The average molecular weight is 454 g/mol. The van der Waals surface area contributed by atoms with Crippen molar-refractivity contribution in [1.82, 2.24) is 5.32 Å². The molecular weight excluding hydrogens is 418 g/mol. The summed E-state index contributed by atoms with van der Waals surface area (Å²) in [6.45, 7) is 12.0. The number of alkyl carbamates (subject to hydrolysis) is 1. The first kappa shape index (κ1) is 24.2. The zero-order valence-electron chi connectivity index (χ0n) is 19.8. The Labute approximate surface area is 192 Å². The molecule has 0 unspecified atom stereocenters. The number of hydrogen-bond donors (Lipinski definition) is 2. The van der Waals surface area contributed by atoms with Crippen molar-refractivity contribution in [3.8, 4) is 0 Å². The van der Waals surface area contributed by atoms with E-state index in [9.17, 15) is 9.90 Å². The monoisotopic (exact) mass is 453 g/mol. The molecule has 0 heterocycles. The molecule has 1 aliphatic rings. The molecule has 0 aliphatic heterocycles. The Balaban J connectivity index is 2.03. The molecule has 5 nitrogen and oxygen atoms in total. The van der Waals surface area contributed by atoms with Gasteiger partial charge in [0, 0.05) is 0 Å². The molecule has 0 bridgehead atoms. The van der Waals surface area contributed by atoms with Crippen LogP contribution in [0.2, 0.25) is 5.04 Å². The predicted molar refractivity (Wildman–Crippen MR) is 131 cm³/mol. The highest BCUT2D eigenvalue weighted by molar-refractivity contribution is 6.99. The number of nitrogens with one attached hydrogen (secondary N) is 1. The highest BCUT2D eigenvalue weighted by Gasteiger charge is 2.53. The van der Waals surface area contributed by atoms with E-state index in [-0.39, 0.29) is 5.04 Å². The van der Waals surface area contributed by atoms with E-state index in [1.54, 1.807) is 6.08 Å². The van der Waals surface area contributed by atoms with Crippen molar-refractivity contribution in [3.05, 3.63) is 72.8 Å². The third kappa shape index (κ3) is 5.14. The number of aliphatic hydroxyl groups is 1. The number of aliphatic hydroxyl groups excluding tert-OH is 1. The number of benzene rings is 2. The molecule has 1 aliphatic carbocycles. The summed E-state index contributed by atoms with van der Waals surface area (Å²) in [6, 6.07) is 20.0. The van der Waals surface area contributed by atoms with Crippen LogP contribution >= 0.6 is 0 Å². The second kappa shape index (κ2) is 9.22. The molecular formula is C26H35NO4Si. The van der Waals surface area contributed by atoms with Gasteiger partial charge in [0.25, 0.3) is 8.32 Å². The van der Waals surface area contributed by atoms with Crippen molar-refractivity contribution in [3.63, 3.8) is 0 Å². The number of ether oxygens (including phenoxy) is 1. The number of carbonyl (C=O) groups excluding carboxylic acids is 1. The standard InChI is InChI=1S/C26H35NO4Si/c1-25(2,3)30-24(29)27-23-21(28)17-18-22(23)31-32(26(4,5)6,19-13-9-7-10-14-19)20-15-11-8-12-16-20/h7-18,21-23,28H,1-6H3,(H,27,29)/t21-,22-,23+/m1/s1. The number of hydrogen-bond acceptors (Lipinski definition) is 4. The van der Waals surface area contributed by atoms with Gasteiger partial charge in [-0.2, -0.15) is 0 Å². The summed E-state index contributed by atoms with van der Waals surface area (Å²) in [6.07, 6.45) is 1.62. The maximum Gasteiger partial charge on any atom is 0.408 e. The third-order valence-corrected chi connectivity index (χ3v) is 10.7. The van der Waals surface area contributed by atoms with Crippen LogP contribution in [0.15, 0.2) is 72.8 Å². The summed E-state index contributed by atoms with van der Waals surface area (Å²) >= 11 is 0. The second-order valence-electron chi connectivity index (χ2n) is 10.3. The lowest BCUT2D eigenvalue weighted by Crippen LogP contribution is -2.69. The van der Waals surface area contributed by atoms with Crippen LogP contribution in [0, 0.1) is 0 Å². The Morgan fingerprint density at radius 1 is 0.875 bits per heavy atom. The minimum atomic E-state index is -2.84. The second-order valence-corrected chi connectivity index (χ2v) is 14.5. The molecule has 2 N–H and O–H groups in total. The maximum absolute atomic E-state index is 12.5. The van der Waals surface area contributed by atoms with Crippen LogP contribution in [0.3, 0.4) is 0 Å². The van der Waals surface area contributed by atoms with Gasteiger partial charge in [-0.15, -0.1) is 0 Å². The molecule has 3 rings (SSSR count). The van der Waals surface area contributed by atoms with Crippen LogP contribution in [0.4, 0.5) is 4.79 Å². The lowest BCUT2D eigenvalue weighted by atomic mass is 10.1. The summed E-state index contributed by atoms with van der Waals surface area (Å²) in [5.41, 5.74) is -0.630. The van der Waals surface area contributed by atoms with E-state index >= 15 is 0 Å². The van der Waals surface area contributed by atoms with Crippen LogP contribution in [0.1, 0.15) is 41.5 Å². The summed E-state index contributed by atoms with van der Waals surface area (Å²) < 4.78 is 12.5. The van der Waals surface area contributed by atoms with Crippen molar-refractivity contribution >= 4 is 24.8 Å². The van der Waals surface area contributed by atoms with E-state index in [4.69, 9.17) is 9.16 Å². The zero-order valence-corrected chi connectivity index (χ0v) is 20.8.